The minimum atomic E-state index is -1.16. The Kier molecular flexibility index (Phi) is 8.42. The predicted octanol–water partition coefficient (Wildman–Crippen LogP) is 6.07. The smallest absolute Gasteiger partial charge is 0.339 e. The second kappa shape index (κ2) is 10.8. The van der Waals surface area contributed by atoms with E-state index in [1.807, 2.05) is 32.0 Å². The van der Waals surface area contributed by atoms with E-state index >= 15 is 0 Å². The maximum absolute atomic E-state index is 10.8. The highest BCUT2D eigenvalue weighted by Crippen LogP contribution is 2.33. The standard InChI is InChI=1S/C13H21NO.C11H8O3S/c1-10(2)9-14-12-5-7-13(8-6-12)15-11(3)4;12-10-7-4-2-1-3-6(7)9(15)5-8(10)11(13)14/h5-8,10-11,14H,9H2,1-4H3;1-5,12,15H,(H,13,14). The van der Waals surface area contributed by atoms with E-state index in [0.29, 0.717) is 16.2 Å². The van der Waals surface area contributed by atoms with Crippen LogP contribution in [0.4, 0.5) is 5.69 Å². The normalized spacial score (nSPS) is 10.6. The molecule has 6 heteroatoms. The van der Waals surface area contributed by atoms with Crippen LogP contribution in [0.25, 0.3) is 10.8 Å². The first-order valence-corrected chi connectivity index (χ1v) is 10.3. The Morgan fingerprint density at radius 3 is 2.17 bits per heavy atom. The molecule has 0 atom stereocenters. The van der Waals surface area contributed by atoms with Crippen molar-refractivity contribution < 1.29 is 19.7 Å². The van der Waals surface area contributed by atoms with Crippen LogP contribution in [0.1, 0.15) is 38.1 Å². The SMILES string of the molecule is CC(C)CNc1ccc(OC(C)C)cc1.O=C(O)c1cc(S)c2ccccc2c1O. The van der Waals surface area contributed by atoms with Crippen molar-refractivity contribution >= 4 is 35.1 Å². The molecule has 0 unspecified atom stereocenters. The van der Waals surface area contributed by atoms with E-state index in [9.17, 15) is 9.90 Å². The summed E-state index contributed by atoms with van der Waals surface area (Å²) in [5, 5.41) is 23.2. The average molecular weight is 428 g/mol. The number of aromatic carboxylic acids is 1. The number of thiol groups is 1. The van der Waals surface area contributed by atoms with Gasteiger partial charge in [-0.05, 0) is 55.5 Å². The first-order valence-electron chi connectivity index (χ1n) is 9.86. The number of hydrogen-bond donors (Lipinski definition) is 4. The summed E-state index contributed by atoms with van der Waals surface area (Å²) in [6.45, 7) is 9.46. The van der Waals surface area contributed by atoms with Crippen LogP contribution in [0, 0.1) is 5.92 Å². The molecule has 0 bridgehead atoms. The molecule has 3 aromatic carbocycles. The van der Waals surface area contributed by atoms with Gasteiger partial charge in [0.15, 0.2) is 0 Å². The molecule has 0 heterocycles. The molecule has 30 heavy (non-hydrogen) atoms. The van der Waals surface area contributed by atoms with E-state index in [1.165, 1.54) is 6.07 Å². The molecule has 0 aliphatic heterocycles. The third-order valence-corrected chi connectivity index (χ3v) is 4.54. The molecule has 0 aliphatic carbocycles. The molecule has 0 saturated heterocycles. The molecular formula is C24H29NO4S. The molecule has 0 amide bonds. The van der Waals surface area contributed by atoms with Gasteiger partial charge in [-0.2, -0.15) is 0 Å². The lowest BCUT2D eigenvalue weighted by Gasteiger charge is -2.12. The number of carboxylic acids is 1. The Morgan fingerprint density at radius 2 is 1.63 bits per heavy atom. The number of aromatic hydroxyl groups is 1. The third kappa shape index (κ3) is 6.59. The van der Waals surface area contributed by atoms with Crippen LogP contribution in [-0.4, -0.2) is 28.8 Å². The second-order valence-electron chi connectivity index (χ2n) is 7.61. The lowest BCUT2D eigenvalue weighted by atomic mass is 10.1. The maximum Gasteiger partial charge on any atom is 0.339 e. The molecule has 0 aromatic heterocycles. The van der Waals surface area contributed by atoms with Crippen molar-refractivity contribution in [2.24, 2.45) is 5.92 Å². The Balaban J connectivity index is 0.000000214. The second-order valence-corrected chi connectivity index (χ2v) is 8.09. The van der Waals surface area contributed by atoms with Crippen LogP contribution in [0.2, 0.25) is 0 Å². The van der Waals surface area contributed by atoms with Gasteiger partial charge in [0.25, 0.3) is 0 Å². The quantitative estimate of drug-likeness (QED) is 0.359. The van der Waals surface area contributed by atoms with Crippen LogP contribution < -0.4 is 10.1 Å². The van der Waals surface area contributed by atoms with Gasteiger partial charge >= 0.3 is 5.97 Å². The molecule has 0 aliphatic rings. The van der Waals surface area contributed by atoms with Gasteiger partial charge in [0, 0.05) is 22.5 Å². The summed E-state index contributed by atoms with van der Waals surface area (Å²) in [6, 6.07) is 16.5. The Bertz CT molecular complexity index is 984. The molecule has 5 nitrogen and oxygen atoms in total. The van der Waals surface area contributed by atoms with Gasteiger partial charge in [0.1, 0.15) is 17.1 Å². The fourth-order valence-electron chi connectivity index (χ4n) is 2.75. The number of ether oxygens (including phenoxy) is 1. The lowest BCUT2D eigenvalue weighted by Crippen LogP contribution is -2.08. The fourth-order valence-corrected chi connectivity index (χ4v) is 3.07. The van der Waals surface area contributed by atoms with Gasteiger partial charge in [0.05, 0.1) is 6.10 Å². The number of fused-ring (bicyclic) bond motifs is 1. The Morgan fingerprint density at radius 1 is 1.03 bits per heavy atom. The summed E-state index contributed by atoms with van der Waals surface area (Å²) in [7, 11) is 0. The summed E-state index contributed by atoms with van der Waals surface area (Å²) >= 11 is 4.19. The van der Waals surface area contributed by atoms with E-state index in [-0.39, 0.29) is 17.4 Å². The van der Waals surface area contributed by atoms with Crippen molar-refractivity contribution in [2.75, 3.05) is 11.9 Å². The van der Waals surface area contributed by atoms with E-state index in [4.69, 9.17) is 9.84 Å². The number of benzene rings is 3. The van der Waals surface area contributed by atoms with Gasteiger partial charge in [-0.25, -0.2) is 4.79 Å². The van der Waals surface area contributed by atoms with Crippen LogP contribution >= 0.6 is 12.6 Å². The summed E-state index contributed by atoms with van der Waals surface area (Å²) < 4.78 is 5.57. The maximum atomic E-state index is 10.8. The van der Waals surface area contributed by atoms with Crippen molar-refractivity contribution in [3.05, 3.63) is 60.2 Å². The van der Waals surface area contributed by atoms with E-state index in [0.717, 1.165) is 23.4 Å². The Hall–Kier alpha value is -2.86. The van der Waals surface area contributed by atoms with E-state index in [1.54, 1.807) is 18.2 Å². The molecule has 0 saturated carbocycles. The molecule has 0 radical (unpaired) electrons. The van der Waals surface area contributed by atoms with Crippen LogP contribution in [-0.2, 0) is 0 Å². The summed E-state index contributed by atoms with van der Waals surface area (Å²) in [6.07, 6.45) is 0.236. The van der Waals surface area contributed by atoms with Gasteiger partial charge in [-0.15, -0.1) is 12.6 Å². The molecule has 0 fully saturated rings. The third-order valence-electron chi connectivity index (χ3n) is 4.17. The van der Waals surface area contributed by atoms with Gasteiger partial charge in [0.2, 0.25) is 0 Å². The van der Waals surface area contributed by atoms with Crippen molar-refractivity contribution in [2.45, 2.75) is 38.7 Å². The average Bonchev–Trinajstić information content (AvgIpc) is 2.70. The van der Waals surface area contributed by atoms with Crippen molar-refractivity contribution in [3.63, 3.8) is 0 Å². The number of nitrogens with one attached hydrogen (secondary N) is 1. The topological polar surface area (TPSA) is 78.8 Å². The van der Waals surface area contributed by atoms with Crippen LogP contribution in [0.15, 0.2) is 59.5 Å². The minimum absolute atomic E-state index is 0.126. The summed E-state index contributed by atoms with van der Waals surface area (Å²) in [5.74, 6) is 0.223. The van der Waals surface area contributed by atoms with Gasteiger partial charge in [-0.3, -0.25) is 0 Å². The molecule has 160 valence electrons. The van der Waals surface area contributed by atoms with E-state index in [2.05, 4.69) is 43.9 Å². The largest absolute Gasteiger partial charge is 0.506 e. The number of carboxylic acid groups (broad SMARTS) is 1. The minimum Gasteiger partial charge on any atom is -0.506 e. The van der Waals surface area contributed by atoms with Crippen molar-refractivity contribution in [1.29, 1.82) is 0 Å². The number of anilines is 1. The zero-order valence-corrected chi connectivity index (χ0v) is 18.6. The summed E-state index contributed by atoms with van der Waals surface area (Å²) in [5.41, 5.74) is 1.03. The monoisotopic (exact) mass is 427 g/mol. The molecule has 3 N–H and O–H groups in total. The first kappa shape index (κ1) is 23.4. The number of hydrogen-bond acceptors (Lipinski definition) is 5. The first-order chi connectivity index (χ1) is 14.2. The van der Waals surface area contributed by atoms with Crippen molar-refractivity contribution in [1.82, 2.24) is 0 Å². The van der Waals surface area contributed by atoms with Crippen LogP contribution in [0.3, 0.4) is 0 Å². The van der Waals surface area contributed by atoms with Gasteiger partial charge < -0.3 is 20.3 Å². The molecule has 0 spiro atoms. The highest BCUT2D eigenvalue weighted by atomic mass is 32.1. The fraction of sp³-hybridized carbons (Fsp3) is 0.292. The van der Waals surface area contributed by atoms with Gasteiger partial charge in [-0.1, -0.05) is 38.1 Å². The molecule has 3 rings (SSSR count). The Labute approximate surface area is 183 Å². The zero-order valence-electron chi connectivity index (χ0n) is 17.7. The van der Waals surface area contributed by atoms with Crippen molar-refractivity contribution in [3.8, 4) is 11.5 Å². The lowest BCUT2D eigenvalue weighted by molar-refractivity contribution is 0.0693. The molecule has 3 aromatic rings. The highest BCUT2D eigenvalue weighted by Gasteiger charge is 2.14. The number of rotatable bonds is 6. The van der Waals surface area contributed by atoms with E-state index < -0.39 is 5.97 Å². The molecular weight excluding hydrogens is 398 g/mol. The highest BCUT2D eigenvalue weighted by molar-refractivity contribution is 7.80. The summed E-state index contributed by atoms with van der Waals surface area (Å²) in [4.78, 5) is 11.4. The number of phenols is 1. The zero-order chi connectivity index (χ0) is 22.3. The number of carbonyl (C=O) groups is 1. The van der Waals surface area contributed by atoms with Crippen LogP contribution in [0.5, 0.6) is 11.5 Å². The predicted molar refractivity (Wildman–Crippen MR) is 125 cm³/mol.